The van der Waals surface area contributed by atoms with Crippen LogP contribution in [0, 0.1) is 11.6 Å². The Balaban J connectivity index is 1.29. The summed E-state index contributed by atoms with van der Waals surface area (Å²) in [6.07, 6.45) is 3.25. The average molecular weight is 622 g/mol. The number of halogens is 4. The molecule has 4 unspecified atom stereocenters. The molecule has 0 aliphatic carbocycles. The predicted molar refractivity (Wildman–Crippen MR) is 164 cm³/mol. The number of hydrogen-bond donors (Lipinski definition) is 2. The van der Waals surface area contributed by atoms with Crippen molar-refractivity contribution in [1.82, 2.24) is 20.2 Å². The molecule has 5 heterocycles. The lowest BCUT2D eigenvalue weighted by molar-refractivity contribution is 0.107. The van der Waals surface area contributed by atoms with Gasteiger partial charge in [0.05, 0.1) is 17.8 Å². The number of ether oxygens (including phenoxy) is 1. The van der Waals surface area contributed by atoms with Crippen LogP contribution < -0.4 is 15.0 Å². The Kier molecular flexibility index (Phi) is 7.01. The Hall–Kier alpha value is -3.70. The van der Waals surface area contributed by atoms with E-state index in [-0.39, 0.29) is 58.9 Å². The van der Waals surface area contributed by atoms with E-state index in [0.717, 1.165) is 32.2 Å². The lowest BCUT2D eigenvalue weighted by Gasteiger charge is -2.34. The number of nitrogens with one attached hydrogen (secondary N) is 1. The standard InChI is InChI=1S/C34H35F4N5O2/c35-9-7-19-3-1-4-20-11-24(44)12-25(28(19)20)29-27(37)13-26-31(30(29)38)40-33(41-32(26)42-16-22-5-6-23(17-42)39-22)45-18-34-8-2-10-43(34)15-21(36)14-34/h1,3-4,11-13,21-23,39,44H,2,5-10,14-18H2. The molecule has 45 heavy (non-hydrogen) atoms. The van der Waals surface area contributed by atoms with Crippen LogP contribution in [0.3, 0.4) is 0 Å². The Bertz CT molecular complexity index is 1790. The van der Waals surface area contributed by atoms with Crippen LogP contribution in [0.2, 0.25) is 0 Å². The zero-order chi connectivity index (χ0) is 30.9. The van der Waals surface area contributed by atoms with Crippen LogP contribution in [0.25, 0.3) is 32.8 Å². The molecule has 2 N–H and O–H groups in total. The summed E-state index contributed by atoms with van der Waals surface area (Å²) >= 11 is 0. The summed E-state index contributed by atoms with van der Waals surface area (Å²) in [5, 5.41) is 15.4. The maximum atomic E-state index is 16.9. The summed E-state index contributed by atoms with van der Waals surface area (Å²) in [6.45, 7) is 1.95. The van der Waals surface area contributed by atoms with Crippen molar-refractivity contribution in [3.63, 3.8) is 0 Å². The molecule has 4 fully saturated rings. The molecule has 0 spiro atoms. The van der Waals surface area contributed by atoms with Crippen molar-refractivity contribution in [1.29, 1.82) is 0 Å². The molecule has 8 rings (SSSR count). The summed E-state index contributed by atoms with van der Waals surface area (Å²) in [4.78, 5) is 13.4. The van der Waals surface area contributed by atoms with E-state index in [1.807, 2.05) is 4.90 Å². The maximum Gasteiger partial charge on any atom is 0.319 e. The first-order valence-corrected chi connectivity index (χ1v) is 15.9. The fourth-order valence-corrected chi connectivity index (χ4v) is 8.33. The molecule has 0 amide bonds. The van der Waals surface area contributed by atoms with Crippen molar-refractivity contribution < 1.29 is 27.4 Å². The monoisotopic (exact) mass is 621 g/mol. The minimum Gasteiger partial charge on any atom is -0.508 e. The van der Waals surface area contributed by atoms with Crippen molar-refractivity contribution in [3.05, 3.63) is 53.6 Å². The van der Waals surface area contributed by atoms with Crippen LogP contribution in [0.1, 0.15) is 37.7 Å². The number of alkyl halides is 2. The highest BCUT2D eigenvalue weighted by Crippen LogP contribution is 2.43. The van der Waals surface area contributed by atoms with E-state index in [1.165, 1.54) is 18.2 Å². The molecular weight excluding hydrogens is 586 g/mol. The fourth-order valence-electron chi connectivity index (χ4n) is 8.33. The highest BCUT2D eigenvalue weighted by atomic mass is 19.1. The van der Waals surface area contributed by atoms with E-state index in [0.29, 0.717) is 48.2 Å². The Labute approximate surface area is 258 Å². The van der Waals surface area contributed by atoms with Crippen LogP contribution >= 0.6 is 0 Å². The number of rotatable bonds is 7. The van der Waals surface area contributed by atoms with Gasteiger partial charge in [-0.2, -0.15) is 9.97 Å². The smallest absolute Gasteiger partial charge is 0.319 e. The SMILES string of the molecule is Oc1cc(-c2c(F)cc3c(N4CC5CCC(C4)N5)nc(OCC45CCCN4CC(F)C5)nc3c2F)c2c(CCF)cccc2c1. The molecule has 0 radical (unpaired) electrons. The molecule has 4 aliphatic heterocycles. The highest BCUT2D eigenvalue weighted by molar-refractivity contribution is 6.03. The second-order valence-electron chi connectivity index (χ2n) is 13.1. The third-order valence-corrected chi connectivity index (χ3v) is 10.3. The molecule has 1 aromatic heterocycles. The second-order valence-corrected chi connectivity index (χ2v) is 13.1. The van der Waals surface area contributed by atoms with Crippen molar-refractivity contribution in [2.75, 3.05) is 44.4 Å². The molecule has 3 aromatic carbocycles. The molecule has 4 aliphatic rings. The van der Waals surface area contributed by atoms with Crippen molar-refractivity contribution in [2.45, 2.75) is 62.3 Å². The first-order chi connectivity index (χ1) is 21.8. The number of nitrogens with zero attached hydrogens (tertiary/aromatic N) is 4. The fraction of sp³-hybridized carbons (Fsp3) is 0.471. The van der Waals surface area contributed by atoms with Gasteiger partial charge >= 0.3 is 6.01 Å². The van der Waals surface area contributed by atoms with Gasteiger partial charge in [-0.3, -0.25) is 9.29 Å². The third kappa shape index (κ3) is 4.86. The van der Waals surface area contributed by atoms with Gasteiger partial charge in [-0.15, -0.1) is 0 Å². The van der Waals surface area contributed by atoms with Gasteiger partial charge in [-0.1, -0.05) is 18.2 Å². The molecule has 2 bridgehead atoms. The molecule has 4 aromatic rings. The predicted octanol–water partition coefficient (Wildman–Crippen LogP) is 5.84. The lowest BCUT2D eigenvalue weighted by atomic mass is 9.92. The number of phenols is 1. The number of piperazine rings is 1. The number of aromatic hydroxyl groups is 1. The van der Waals surface area contributed by atoms with Gasteiger partial charge in [0.2, 0.25) is 0 Å². The van der Waals surface area contributed by atoms with Crippen molar-refractivity contribution >= 4 is 27.5 Å². The van der Waals surface area contributed by atoms with Gasteiger partial charge < -0.3 is 20.1 Å². The number of benzene rings is 3. The summed E-state index contributed by atoms with van der Waals surface area (Å²) in [7, 11) is 0. The number of aryl methyl sites for hydroxylation is 1. The number of fused-ring (bicyclic) bond motifs is 5. The van der Waals surface area contributed by atoms with E-state index in [1.54, 1.807) is 18.2 Å². The minimum absolute atomic E-state index is 0.0396. The molecule has 0 saturated carbocycles. The van der Waals surface area contributed by atoms with E-state index in [9.17, 15) is 13.9 Å². The number of anilines is 1. The van der Waals surface area contributed by atoms with E-state index >= 15 is 8.78 Å². The highest BCUT2D eigenvalue weighted by Gasteiger charge is 2.49. The van der Waals surface area contributed by atoms with Crippen LogP contribution in [0.5, 0.6) is 11.8 Å². The van der Waals surface area contributed by atoms with Crippen molar-refractivity contribution in [2.24, 2.45) is 0 Å². The largest absolute Gasteiger partial charge is 0.508 e. The Morgan fingerprint density at radius 2 is 1.89 bits per heavy atom. The zero-order valence-electron chi connectivity index (χ0n) is 24.8. The minimum atomic E-state index is -0.930. The summed E-state index contributed by atoms with van der Waals surface area (Å²) in [5.74, 6) is -1.52. The quantitative estimate of drug-likeness (QED) is 0.251. The average Bonchev–Trinajstić information content (AvgIpc) is 3.66. The van der Waals surface area contributed by atoms with E-state index in [4.69, 9.17) is 9.72 Å². The van der Waals surface area contributed by atoms with Crippen LogP contribution in [0.4, 0.5) is 23.4 Å². The third-order valence-electron chi connectivity index (χ3n) is 10.3. The topological polar surface area (TPSA) is 73.8 Å². The van der Waals surface area contributed by atoms with Gasteiger partial charge in [0.25, 0.3) is 0 Å². The molecule has 4 saturated heterocycles. The normalized spacial score (nSPS) is 26.3. The molecule has 4 atom stereocenters. The van der Waals surface area contributed by atoms with Crippen molar-refractivity contribution in [3.8, 4) is 22.9 Å². The number of aromatic nitrogens is 2. The molecule has 236 valence electrons. The summed E-state index contributed by atoms with van der Waals surface area (Å²) < 4.78 is 67.3. The maximum absolute atomic E-state index is 16.9. The summed E-state index contributed by atoms with van der Waals surface area (Å²) in [6, 6.07) is 9.68. The van der Waals surface area contributed by atoms with Gasteiger partial charge in [0, 0.05) is 49.9 Å². The van der Waals surface area contributed by atoms with Gasteiger partial charge in [0.15, 0.2) is 5.82 Å². The van der Waals surface area contributed by atoms with Gasteiger partial charge in [-0.25, -0.2) is 13.2 Å². The summed E-state index contributed by atoms with van der Waals surface area (Å²) in [5.41, 5.74) is -0.217. The van der Waals surface area contributed by atoms with Crippen LogP contribution in [-0.4, -0.2) is 83.2 Å². The molecular formula is C34H35F4N5O2. The molecule has 7 nitrogen and oxygen atoms in total. The second kappa shape index (κ2) is 11.0. The van der Waals surface area contributed by atoms with E-state index < -0.39 is 30.0 Å². The van der Waals surface area contributed by atoms with Crippen LogP contribution in [0.15, 0.2) is 36.4 Å². The first kappa shape index (κ1) is 28.8. The van der Waals surface area contributed by atoms with Gasteiger partial charge in [-0.05, 0) is 72.3 Å². The Morgan fingerprint density at radius 3 is 2.69 bits per heavy atom. The zero-order valence-corrected chi connectivity index (χ0v) is 24.8. The number of phenolic OH excluding ortho intramolecular Hbond substituents is 1. The van der Waals surface area contributed by atoms with Crippen LogP contribution in [-0.2, 0) is 6.42 Å². The van der Waals surface area contributed by atoms with Gasteiger partial charge in [0.1, 0.15) is 35.7 Å². The van der Waals surface area contributed by atoms with E-state index in [2.05, 4.69) is 15.2 Å². The first-order valence-electron chi connectivity index (χ1n) is 15.9. The number of hydrogen-bond acceptors (Lipinski definition) is 7. The molecule has 11 heteroatoms. The lowest BCUT2D eigenvalue weighted by Crippen LogP contribution is -2.51. The Morgan fingerprint density at radius 1 is 1.07 bits per heavy atom.